The van der Waals surface area contributed by atoms with Crippen molar-refractivity contribution in [2.45, 2.75) is 26.7 Å². The Morgan fingerprint density at radius 1 is 1.10 bits per heavy atom. The summed E-state index contributed by atoms with van der Waals surface area (Å²) in [5, 5.41) is 3.19. The van der Waals surface area contributed by atoms with Gasteiger partial charge in [0.2, 0.25) is 0 Å². The lowest BCUT2D eigenvalue weighted by atomic mass is 10.1. The molecule has 0 saturated carbocycles. The molecule has 2 heterocycles. The quantitative estimate of drug-likeness (QED) is 0.666. The van der Waals surface area contributed by atoms with E-state index in [1.54, 1.807) is 11.3 Å². The second-order valence-corrected chi connectivity index (χ2v) is 6.04. The van der Waals surface area contributed by atoms with E-state index in [9.17, 15) is 0 Å². The maximum absolute atomic E-state index is 4.80. The largest absolute Gasteiger partial charge is 0.264 e. The van der Waals surface area contributed by atoms with Crippen LogP contribution in [0.5, 0.6) is 0 Å². The number of benzene rings is 1. The highest BCUT2D eigenvalue weighted by Crippen LogP contribution is 2.31. The molecule has 3 rings (SSSR count). The molecule has 0 bridgehead atoms. The van der Waals surface area contributed by atoms with Crippen LogP contribution in [0.2, 0.25) is 0 Å². The summed E-state index contributed by atoms with van der Waals surface area (Å²) in [6, 6.07) is 10.6. The lowest BCUT2D eigenvalue weighted by Crippen LogP contribution is -1.90. The van der Waals surface area contributed by atoms with E-state index in [-0.39, 0.29) is 0 Å². The van der Waals surface area contributed by atoms with Crippen LogP contribution in [-0.2, 0) is 6.42 Å². The van der Waals surface area contributed by atoms with Crippen LogP contribution >= 0.6 is 11.3 Å². The summed E-state index contributed by atoms with van der Waals surface area (Å²) in [5.41, 5.74) is 5.98. The number of pyridine rings is 1. The summed E-state index contributed by atoms with van der Waals surface area (Å²) < 4.78 is 0. The Hall–Kier alpha value is -2.00. The van der Waals surface area contributed by atoms with Crippen LogP contribution in [0, 0.1) is 6.92 Å². The number of hydrogen-bond donors (Lipinski definition) is 0. The summed E-state index contributed by atoms with van der Waals surface area (Å²) >= 11 is 1.69. The molecule has 3 heteroatoms. The lowest BCUT2D eigenvalue weighted by molar-refractivity contribution is 0.920. The second kappa shape index (κ2) is 6.19. The molecule has 0 aliphatic carbocycles. The third-order valence-electron chi connectivity index (χ3n) is 3.51. The average Bonchev–Trinajstić information content (AvgIpc) is 2.99. The first kappa shape index (κ1) is 14.0. The molecule has 0 aliphatic rings. The maximum Gasteiger partial charge on any atom is 0.125 e. The minimum absolute atomic E-state index is 1.04. The molecule has 1 aromatic carbocycles. The van der Waals surface area contributed by atoms with Gasteiger partial charge in [0.05, 0.1) is 5.69 Å². The van der Waals surface area contributed by atoms with Crippen molar-refractivity contribution in [2.24, 2.45) is 0 Å². The highest BCUT2D eigenvalue weighted by Gasteiger charge is 2.10. The summed E-state index contributed by atoms with van der Waals surface area (Å²) in [7, 11) is 0. The fourth-order valence-corrected chi connectivity index (χ4v) is 3.23. The monoisotopic (exact) mass is 294 g/mol. The number of hydrogen-bond acceptors (Lipinski definition) is 3. The Bertz CT molecular complexity index is 729. The highest BCUT2D eigenvalue weighted by molar-refractivity contribution is 7.13. The number of rotatable bonds is 4. The molecule has 0 spiro atoms. The van der Waals surface area contributed by atoms with Gasteiger partial charge in [-0.25, -0.2) is 4.98 Å². The first-order chi connectivity index (χ1) is 10.3. The molecule has 2 aromatic heterocycles. The van der Waals surface area contributed by atoms with Gasteiger partial charge in [-0.1, -0.05) is 43.2 Å². The van der Waals surface area contributed by atoms with Crippen LogP contribution in [-0.4, -0.2) is 9.97 Å². The van der Waals surface area contributed by atoms with E-state index < -0.39 is 0 Å². The van der Waals surface area contributed by atoms with E-state index >= 15 is 0 Å². The molecule has 106 valence electrons. The van der Waals surface area contributed by atoms with E-state index in [1.807, 2.05) is 12.4 Å². The van der Waals surface area contributed by atoms with Crippen LogP contribution < -0.4 is 0 Å². The molecule has 21 heavy (non-hydrogen) atoms. The molecule has 0 aliphatic heterocycles. The van der Waals surface area contributed by atoms with E-state index in [4.69, 9.17) is 4.98 Å². The van der Waals surface area contributed by atoms with Crippen molar-refractivity contribution in [1.29, 1.82) is 0 Å². The predicted octanol–water partition coefficient (Wildman–Crippen LogP) is 5.13. The Balaban J connectivity index is 1.97. The molecule has 3 aromatic rings. The Morgan fingerprint density at radius 2 is 1.90 bits per heavy atom. The van der Waals surface area contributed by atoms with Crippen molar-refractivity contribution < 1.29 is 0 Å². The predicted molar refractivity (Wildman–Crippen MR) is 89.5 cm³/mol. The van der Waals surface area contributed by atoms with Crippen LogP contribution in [0.1, 0.15) is 24.5 Å². The van der Waals surface area contributed by atoms with Crippen LogP contribution in [0.15, 0.2) is 48.1 Å². The minimum atomic E-state index is 1.04. The Kier molecular flexibility index (Phi) is 4.11. The molecule has 0 radical (unpaired) electrons. The second-order valence-electron chi connectivity index (χ2n) is 5.19. The first-order valence-corrected chi connectivity index (χ1v) is 8.11. The molecule has 0 N–H and O–H groups in total. The highest BCUT2D eigenvalue weighted by atomic mass is 32.1. The summed E-state index contributed by atoms with van der Waals surface area (Å²) in [4.78, 5) is 9.07. The molecule has 0 unspecified atom stereocenters. The molecule has 0 fully saturated rings. The van der Waals surface area contributed by atoms with Crippen molar-refractivity contribution in [3.05, 3.63) is 59.2 Å². The van der Waals surface area contributed by atoms with Gasteiger partial charge in [-0.15, -0.1) is 11.3 Å². The van der Waals surface area contributed by atoms with Gasteiger partial charge in [-0.2, -0.15) is 0 Å². The Morgan fingerprint density at radius 3 is 2.67 bits per heavy atom. The van der Waals surface area contributed by atoms with Gasteiger partial charge in [0.1, 0.15) is 5.01 Å². The SMILES string of the molecule is CCCc1ccncc1-c1nc(-c2ccc(C)cc2)cs1. The molecular formula is C18H18N2S. The zero-order valence-electron chi connectivity index (χ0n) is 12.3. The topological polar surface area (TPSA) is 25.8 Å². The van der Waals surface area contributed by atoms with E-state index in [2.05, 4.69) is 54.5 Å². The minimum Gasteiger partial charge on any atom is -0.264 e. The summed E-state index contributed by atoms with van der Waals surface area (Å²) in [5.74, 6) is 0. The van der Waals surface area contributed by atoms with Crippen LogP contribution in [0.4, 0.5) is 0 Å². The third kappa shape index (κ3) is 3.03. The molecule has 0 saturated heterocycles. The number of nitrogens with zero attached hydrogens (tertiary/aromatic N) is 2. The zero-order valence-corrected chi connectivity index (χ0v) is 13.2. The third-order valence-corrected chi connectivity index (χ3v) is 4.39. The van der Waals surface area contributed by atoms with Gasteiger partial charge in [-0.05, 0) is 25.0 Å². The summed E-state index contributed by atoms with van der Waals surface area (Å²) in [6.07, 6.45) is 6.00. The van der Waals surface area contributed by atoms with E-state index in [1.165, 1.54) is 22.3 Å². The van der Waals surface area contributed by atoms with Gasteiger partial charge in [0.25, 0.3) is 0 Å². The van der Waals surface area contributed by atoms with Gasteiger partial charge in [0.15, 0.2) is 0 Å². The number of aryl methyl sites for hydroxylation is 2. The van der Waals surface area contributed by atoms with Gasteiger partial charge in [0, 0.05) is 28.9 Å². The van der Waals surface area contributed by atoms with Crippen LogP contribution in [0.25, 0.3) is 21.8 Å². The first-order valence-electron chi connectivity index (χ1n) is 7.23. The van der Waals surface area contributed by atoms with Crippen molar-refractivity contribution >= 4 is 11.3 Å². The van der Waals surface area contributed by atoms with Crippen molar-refractivity contribution in [1.82, 2.24) is 9.97 Å². The summed E-state index contributed by atoms with van der Waals surface area (Å²) in [6.45, 7) is 4.30. The van der Waals surface area contributed by atoms with Crippen molar-refractivity contribution in [3.8, 4) is 21.8 Å². The fraction of sp³-hybridized carbons (Fsp3) is 0.222. The van der Waals surface area contributed by atoms with Crippen LogP contribution in [0.3, 0.4) is 0 Å². The standard InChI is InChI=1S/C18H18N2S/c1-3-4-14-9-10-19-11-16(14)18-20-17(12-21-18)15-7-5-13(2)6-8-15/h5-12H,3-4H2,1-2H3. The molecule has 0 amide bonds. The fourth-order valence-electron chi connectivity index (χ4n) is 2.36. The van der Waals surface area contributed by atoms with Crippen molar-refractivity contribution in [2.75, 3.05) is 0 Å². The Labute approximate surface area is 129 Å². The van der Waals surface area contributed by atoms with E-state index in [0.29, 0.717) is 0 Å². The molecule has 0 atom stereocenters. The van der Waals surface area contributed by atoms with Crippen molar-refractivity contribution in [3.63, 3.8) is 0 Å². The van der Waals surface area contributed by atoms with Gasteiger partial charge < -0.3 is 0 Å². The van der Waals surface area contributed by atoms with Gasteiger partial charge >= 0.3 is 0 Å². The number of aromatic nitrogens is 2. The normalized spacial score (nSPS) is 10.8. The van der Waals surface area contributed by atoms with E-state index in [0.717, 1.165) is 23.5 Å². The average molecular weight is 294 g/mol. The number of thiazole rings is 1. The smallest absolute Gasteiger partial charge is 0.125 e. The van der Waals surface area contributed by atoms with Gasteiger partial charge in [-0.3, -0.25) is 4.98 Å². The molecular weight excluding hydrogens is 276 g/mol. The molecule has 2 nitrogen and oxygen atoms in total. The lowest BCUT2D eigenvalue weighted by Gasteiger charge is -2.04. The maximum atomic E-state index is 4.80. The zero-order chi connectivity index (χ0) is 14.7.